The maximum absolute atomic E-state index is 5.76. The fourth-order valence-electron chi connectivity index (χ4n) is 1.33. The van der Waals surface area contributed by atoms with Crippen molar-refractivity contribution in [3.8, 4) is 0 Å². The lowest BCUT2D eigenvalue weighted by Gasteiger charge is -2.04. The van der Waals surface area contributed by atoms with Gasteiger partial charge in [0.1, 0.15) is 11.5 Å². The summed E-state index contributed by atoms with van der Waals surface area (Å²) in [4.78, 5) is 8.04. The summed E-state index contributed by atoms with van der Waals surface area (Å²) >= 11 is 5.76. The Kier molecular flexibility index (Phi) is 3.36. The van der Waals surface area contributed by atoms with Crippen molar-refractivity contribution in [2.45, 2.75) is 6.42 Å². The zero-order chi connectivity index (χ0) is 11.4. The Balaban J connectivity index is 1.84. The van der Waals surface area contributed by atoms with E-state index in [1.54, 1.807) is 23.3 Å². The highest BCUT2D eigenvalue weighted by Gasteiger charge is 1.99. The number of aryl methyl sites for hydroxylation is 1. The Labute approximate surface area is 98.5 Å². The van der Waals surface area contributed by atoms with Gasteiger partial charge < -0.3 is 5.32 Å². The maximum Gasteiger partial charge on any atom is 0.152 e. The molecule has 0 fully saturated rings. The summed E-state index contributed by atoms with van der Waals surface area (Å²) in [5.74, 6) is 0.829. The molecule has 1 N–H and O–H groups in total. The monoisotopic (exact) mass is 237 g/mol. The fourth-order valence-corrected chi connectivity index (χ4v) is 1.50. The van der Waals surface area contributed by atoms with Crippen molar-refractivity contribution in [2.24, 2.45) is 7.05 Å². The molecule has 16 heavy (non-hydrogen) atoms. The third-order valence-electron chi connectivity index (χ3n) is 2.05. The molecule has 2 aromatic rings. The molecule has 6 heteroatoms. The molecule has 0 radical (unpaired) electrons. The van der Waals surface area contributed by atoms with Crippen LogP contribution >= 0.6 is 11.6 Å². The fraction of sp³-hybridized carbons (Fsp3) is 0.300. The molecule has 0 aliphatic carbocycles. The van der Waals surface area contributed by atoms with Crippen LogP contribution in [0.5, 0.6) is 0 Å². The largest absolute Gasteiger partial charge is 0.384 e. The Bertz CT molecular complexity index is 468. The van der Waals surface area contributed by atoms with Gasteiger partial charge in [0.15, 0.2) is 5.82 Å². The molecule has 0 spiro atoms. The van der Waals surface area contributed by atoms with E-state index in [9.17, 15) is 0 Å². The molecule has 0 saturated carbocycles. The predicted molar refractivity (Wildman–Crippen MR) is 62.4 cm³/mol. The second-order valence-corrected chi connectivity index (χ2v) is 3.77. The van der Waals surface area contributed by atoms with E-state index in [0.717, 1.165) is 24.5 Å². The summed E-state index contributed by atoms with van der Waals surface area (Å²) in [5.41, 5.74) is 0.955. The molecule has 2 heterocycles. The van der Waals surface area contributed by atoms with Gasteiger partial charge >= 0.3 is 0 Å². The number of nitrogens with zero attached hydrogens (tertiary/aromatic N) is 4. The van der Waals surface area contributed by atoms with Gasteiger partial charge in [-0.2, -0.15) is 5.10 Å². The first-order valence-electron chi connectivity index (χ1n) is 4.94. The Morgan fingerprint density at radius 1 is 1.44 bits per heavy atom. The SMILES string of the molecule is Cn1cnc(CCNc2ccnc(Cl)c2)n1. The standard InChI is InChI=1S/C10H12ClN5/c1-16-7-14-10(15-16)3-5-12-8-2-4-13-9(11)6-8/h2,4,6-7H,3,5H2,1H3,(H,12,13). The first kappa shape index (κ1) is 10.9. The minimum Gasteiger partial charge on any atom is -0.384 e. The zero-order valence-electron chi connectivity index (χ0n) is 8.89. The third-order valence-corrected chi connectivity index (χ3v) is 2.26. The summed E-state index contributed by atoms with van der Waals surface area (Å²) in [5, 5.41) is 7.90. The van der Waals surface area contributed by atoms with Crippen molar-refractivity contribution >= 4 is 17.3 Å². The van der Waals surface area contributed by atoms with Crippen molar-refractivity contribution < 1.29 is 0 Å². The zero-order valence-corrected chi connectivity index (χ0v) is 9.65. The van der Waals surface area contributed by atoms with Gasteiger partial charge in [0.05, 0.1) is 0 Å². The number of halogens is 1. The molecule has 0 saturated heterocycles. The van der Waals surface area contributed by atoms with Gasteiger partial charge in [-0.25, -0.2) is 9.97 Å². The van der Waals surface area contributed by atoms with E-state index in [0.29, 0.717) is 5.15 Å². The predicted octanol–water partition coefficient (Wildman–Crippen LogP) is 1.52. The number of aromatic nitrogens is 4. The molecular formula is C10H12ClN5. The average molecular weight is 238 g/mol. The molecule has 0 unspecified atom stereocenters. The van der Waals surface area contributed by atoms with Crippen molar-refractivity contribution in [1.82, 2.24) is 19.7 Å². The molecule has 2 aromatic heterocycles. The lowest BCUT2D eigenvalue weighted by Crippen LogP contribution is -2.06. The number of rotatable bonds is 4. The summed E-state index contributed by atoms with van der Waals surface area (Å²) in [6, 6.07) is 3.66. The number of hydrogen-bond donors (Lipinski definition) is 1. The van der Waals surface area contributed by atoms with Crippen LogP contribution in [0.25, 0.3) is 0 Å². The minimum atomic E-state index is 0.487. The van der Waals surface area contributed by atoms with Gasteiger partial charge in [0, 0.05) is 31.9 Å². The molecule has 0 aliphatic heterocycles. The van der Waals surface area contributed by atoms with Gasteiger partial charge in [0.25, 0.3) is 0 Å². The lowest BCUT2D eigenvalue weighted by molar-refractivity contribution is 0.742. The van der Waals surface area contributed by atoms with Gasteiger partial charge in [-0.15, -0.1) is 0 Å². The summed E-state index contributed by atoms with van der Waals surface area (Å²) in [7, 11) is 1.85. The Hall–Kier alpha value is -1.62. The molecule has 0 aliphatic rings. The Morgan fingerprint density at radius 3 is 3.00 bits per heavy atom. The maximum atomic E-state index is 5.76. The van der Waals surface area contributed by atoms with Gasteiger partial charge in [-0.3, -0.25) is 4.68 Å². The van der Waals surface area contributed by atoms with E-state index >= 15 is 0 Å². The molecule has 0 amide bonds. The van der Waals surface area contributed by atoms with Crippen molar-refractivity contribution in [3.63, 3.8) is 0 Å². The summed E-state index contributed by atoms with van der Waals surface area (Å²) < 4.78 is 1.69. The molecule has 5 nitrogen and oxygen atoms in total. The first-order chi connectivity index (χ1) is 7.74. The first-order valence-corrected chi connectivity index (χ1v) is 5.32. The van der Waals surface area contributed by atoms with E-state index in [1.165, 1.54) is 0 Å². The lowest BCUT2D eigenvalue weighted by atomic mass is 10.3. The number of anilines is 1. The second kappa shape index (κ2) is 4.94. The van der Waals surface area contributed by atoms with E-state index in [-0.39, 0.29) is 0 Å². The smallest absolute Gasteiger partial charge is 0.152 e. The normalized spacial score (nSPS) is 10.4. The van der Waals surface area contributed by atoms with Crippen molar-refractivity contribution in [2.75, 3.05) is 11.9 Å². The van der Waals surface area contributed by atoms with E-state index in [4.69, 9.17) is 11.6 Å². The number of nitrogens with one attached hydrogen (secondary N) is 1. The quantitative estimate of drug-likeness (QED) is 0.820. The van der Waals surface area contributed by atoms with Crippen molar-refractivity contribution in [1.29, 1.82) is 0 Å². The molecule has 84 valence electrons. The summed E-state index contributed by atoms with van der Waals surface area (Å²) in [6.07, 6.45) is 4.14. The molecule has 0 atom stereocenters. The topological polar surface area (TPSA) is 55.6 Å². The van der Waals surface area contributed by atoms with Gasteiger partial charge in [0.2, 0.25) is 0 Å². The third kappa shape index (κ3) is 2.93. The highest BCUT2D eigenvalue weighted by atomic mass is 35.5. The van der Waals surface area contributed by atoms with Gasteiger partial charge in [-0.1, -0.05) is 11.6 Å². The van der Waals surface area contributed by atoms with Gasteiger partial charge in [-0.05, 0) is 12.1 Å². The molecule has 0 aromatic carbocycles. The van der Waals surface area contributed by atoms with Crippen LogP contribution in [-0.4, -0.2) is 26.3 Å². The van der Waals surface area contributed by atoms with E-state index in [1.807, 2.05) is 13.1 Å². The van der Waals surface area contributed by atoms with Crippen LogP contribution in [0.1, 0.15) is 5.82 Å². The van der Waals surface area contributed by atoms with Crippen LogP contribution in [0.4, 0.5) is 5.69 Å². The molecule has 0 bridgehead atoms. The second-order valence-electron chi connectivity index (χ2n) is 3.38. The van der Waals surface area contributed by atoms with Crippen LogP contribution in [0.15, 0.2) is 24.7 Å². The highest BCUT2D eigenvalue weighted by molar-refractivity contribution is 6.29. The van der Waals surface area contributed by atoms with Crippen LogP contribution in [0.2, 0.25) is 5.15 Å². The minimum absolute atomic E-state index is 0.487. The molecule has 2 rings (SSSR count). The number of pyridine rings is 1. The van der Waals surface area contributed by atoms with E-state index < -0.39 is 0 Å². The van der Waals surface area contributed by atoms with Crippen LogP contribution < -0.4 is 5.32 Å². The summed E-state index contributed by atoms with van der Waals surface area (Å²) in [6.45, 7) is 0.768. The Morgan fingerprint density at radius 2 is 2.31 bits per heavy atom. The average Bonchev–Trinajstić information content (AvgIpc) is 2.64. The van der Waals surface area contributed by atoms with Crippen molar-refractivity contribution in [3.05, 3.63) is 35.6 Å². The highest BCUT2D eigenvalue weighted by Crippen LogP contribution is 2.11. The number of hydrogen-bond acceptors (Lipinski definition) is 4. The van der Waals surface area contributed by atoms with Crippen LogP contribution in [0.3, 0.4) is 0 Å². The molecular weight excluding hydrogens is 226 g/mol. The van der Waals surface area contributed by atoms with Crippen LogP contribution in [0, 0.1) is 0 Å². The van der Waals surface area contributed by atoms with Crippen LogP contribution in [-0.2, 0) is 13.5 Å². The van der Waals surface area contributed by atoms with E-state index in [2.05, 4.69) is 20.4 Å².